The Morgan fingerprint density at radius 2 is 2.11 bits per heavy atom. The van der Waals surface area contributed by atoms with Gasteiger partial charge >= 0.3 is 0 Å². The molecule has 0 unspecified atom stereocenters. The van der Waals surface area contributed by atoms with Crippen molar-refractivity contribution >= 4 is 28.7 Å². The number of rotatable bonds is 4. The monoisotopic (exact) mass is 292 g/mol. The summed E-state index contributed by atoms with van der Waals surface area (Å²) < 4.78 is 0. The topological polar surface area (TPSA) is 33.2 Å². The van der Waals surface area contributed by atoms with Crippen LogP contribution in [0.2, 0.25) is 5.02 Å². The average molecular weight is 293 g/mol. The third-order valence-electron chi connectivity index (χ3n) is 2.38. The van der Waals surface area contributed by atoms with Crippen LogP contribution in [-0.4, -0.2) is 29.8 Å². The normalized spacial score (nSPS) is 10.9. The molecule has 0 radical (unpaired) electrons. The summed E-state index contributed by atoms with van der Waals surface area (Å²) in [7, 11) is 3.73. The van der Waals surface area contributed by atoms with E-state index in [4.69, 9.17) is 11.6 Å². The minimum atomic E-state index is -0.0514. The maximum atomic E-state index is 11.9. The number of carbonyl (C=O) groups excluding carboxylic acids is 1. The van der Waals surface area contributed by atoms with Gasteiger partial charge in [0.1, 0.15) is 5.01 Å². The van der Waals surface area contributed by atoms with Gasteiger partial charge in [-0.05, 0) is 6.07 Å². The van der Waals surface area contributed by atoms with E-state index in [0.29, 0.717) is 9.90 Å². The van der Waals surface area contributed by atoms with Crippen LogP contribution in [0, 0.1) is 0 Å². The molecular weight excluding hydrogens is 280 g/mol. The second-order valence-corrected chi connectivity index (χ2v) is 5.59. The number of carbonyl (C=O) groups is 1. The molecule has 0 amide bonds. The summed E-state index contributed by atoms with van der Waals surface area (Å²) >= 11 is 7.46. The number of ketones is 1. The molecule has 0 spiro atoms. The molecule has 0 N–H and O–H groups in total. The predicted molar refractivity (Wildman–Crippen MR) is 79.7 cm³/mol. The molecule has 0 aliphatic rings. The number of thiazole rings is 1. The lowest BCUT2D eigenvalue weighted by Crippen LogP contribution is -2.02. The van der Waals surface area contributed by atoms with Crippen molar-refractivity contribution in [3.63, 3.8) is 0 Å². The lowest BCUT2D eigenvalue weighted by atomic mass is 10.2. The van der Waals surface area contributed by atoms with Gasteiger partial charge < -0.3 is 4.90 Å². The van der Waals surface area contributed by atoms with Crippen molar-refractivity contribution in [3.8, 4) is 10.6 Å². The van der Waals surface area contributed by atoms with Gasteiger partial charge in [0.25, 0.3) is 0 Å². The molecule has 0 fully saturated rings. The van der Waals surface area contributed by atoms with Crippen LogP contribution in [0.1, 0.15) is 9.67 Å². The second kappa shape index (κ2) is 5.99. The number of hydrogen-bond donors (Lipinski definition) is 0. The zero-order valence-electron chi connectivity index (χ0n) is 10.6. The van der Waals surface area contributed by atoms with Crippen LogP contribution in [0.4, 0.5) is 0 Å². The number of allylic oxidation sites excluding steroid dienone is 1. The zero-order valence-corrected chi connectivity index (χ0v) is 12.2. The highest BCUT2D eigenvalue weighted by atomic mass is 35.5. The summed E-state index contributed by atoms with van der Waals surface area (Å²) in [6.07, 6.45) is 4.84. The van der Waals surface area contributed by atoms with Crippen LogP contribution >= 0.6 is 22.9 Å². The van der Waals surface area contributed by atoms with E-state index in [2.05, 4.69) is 4.98 Å². The van der Waals surface area contributed by atoms with E-state index in [1.54, 1.807) is 12.4 Å². The van der Waals surface area contributed by atoms with E-state index in [0.717, 1.165) is 10.6 Å². The van der Waals surface area contributed by atoms with Crippen LogP contribution in [0.3, 0.4) is 0 Å². The first-order valence-electron chi connectivity index (χ1n) is 5.67. The molecule has 2 rings (SSSR count). The van der Waals surface area contributed by atoms with E-state index in [9.17, 15) is 4.79 Å². The second-order valence-electron chi connectivity index (χ2n) is 4.15. The third-order valence-corrected chi connectivity index (χ3v) is 3.75. The van der Waals surface area contributed by atoms with E-state index >= 15 is 0 Å². The minimum absolute atomic E-state index is 0.0514. The summed E-state index contributed by atoms with van der Waals surface area (Å²) in [4.78, 5) is 18.6. The molecule has 98 valence electrons. The molecule has 0 aliphatic heterocycles. The minimum Gasteiger partial charge on any atom is -0.383 e. The highest BCUT2D eigenvalue weighted by Crippen LogP contribution is 2.31. The van der Waals surface area contributed by atoms with Gasteiger partial charge in [0, 0.05) is 38.1 Å². The Bertz CT molecular complexity index is 619. The zero-order chi connectivity index (χ0) is 13.8. The van der Waals surface area contributed by atoms with Gasteiger partial charge in [-0.3, -0.25) is 4.79 Å². The van der Waals surface area contributed by atoms with Crippen molar-refractivity contribution in [1.29, 1.82) is 0 Å². The molecule has 0 saturated heterocycles. The lowest BCUT2D eigenvalue weighted by molar-refractivity contribution is 0.104. The lowest BCUT2D eigenvalue weighted by Gasteiger charge is -2.01. The molecule has 1 aromatic carbocycles. The van der Waals surface area contributed by atoms with Crippen molar-refractivity contribution < 1.29 is 4.79 Å². The first kappa shape index (κ1) is 13.8. The van der Waals surface area contributed by atoms with Crippen LogP contribution in [0.15, 0.2) is 42.7 Å². The van der Waals surface area contributed by atoms with Gasteiger partial charge in [0.05, 0.1) is 9.90 Å². The maximum absolute atomic E-state index is 11.9. The van der Waals surface area contributed by atoms with E-state index in [-0.39, 0.29) is 5.78 Å². The fourth-order valence-electron chi connectivity index (χ4n) is 1.45. The Morgan fingerprint density at radius 3 is 2.79 bits per heavy atom. The van der Waals surface area contributed by atoms with Crippen molar-refractivity contribution in [3.05, 3.63) is 52.6 Å². The highest BCUT2D eigenvalue weighted by molar-refractivity contribution is 7.17. The fraction of sp³-hybridized carbons (Fsp3) is 0.143. The Morgan fingerprint density at radius 1 is 1.37 bits per heavy atom. The smallest absolute Gasteiger partial charge is 0.198 e. The molecular formula is C14H13ClN2OS. The average Bonchev–Trinajstić information content (AvgIpc) is 2.86. The molecule has 0 atom stereocenters. The van der Waals surface area contributed by atoms with Gasteiger partial charge in [-0.1, -0.05) is 29.8 Å². The molecule has 0 bridgehead atoms. The Kier molecular flexibility index (Phi) is 4.35. The van der Waals surface area contributed by atoms with E-state index in [1.807, 2.05) is 43.3 Å². The van der Waals surface area contributed by atoms with Crippen LogP contribution in [0.25, 0.3) is 10.6 Å². The third kappa shape index (κ3) is 3.43. The van der Waals surface area contributed by atoms with Gasteiger partial charge in [-0.15, -0.1) is 11.3 Å². The highest BCUT2D eigenvalue weighted by Gasteiger charge is 2.11. The summed E-state index contributed by atoms with van der Waals surface area (Å²) in [6, 6.07) is 7.47. The number of nitrogens with zero attached hydrogens (tertiary/aromatic N) is 2. The largest absolute Gasteiger partial charge is 0.383 e. The van der Waals surface area contributed by atoms with Gasteiger partial charge in [-0.2, -0.15) is 0 Å². The summed E-state index contributed by atoms with van der Waals surface area (Å²) in [5.41, 5.74) is 0.852. The molecule has 1 heterocycles. The van der Waals surface area contributed by atoms with Crippen LogP contribution in [0.5, 0.6) is 0 Å². The summed E-state index contributed by atoms with van der Waals surface area (Å²) in [6.45, 7) is 0. The first-order chi connectivity index (χ1) is 9.08. The molecule has 0 saturated carbocycles. The van der Waals surface area contributed by atoms with Crippen LogP contribution in [-0.2, 0) is 0 Å². The van der Waals surface area contributed by atoms with E-state index in [1.165, 1.54) is 17.4 Å². The first-order valence-corrected chi connectivity index (χ1v) is 6.87. The van der Waals surface area contributed by atoms with E-state index < -0.39 is 0 Å². The number of halogens is 1. The molecule has 5 heteroatoms. The van der Waals surface area contributed by atoms with Crippen molar-refractivity contribution in [2.24, 2.45) is 0 Å². The Balaban J connectivity index is 2.25. The number of hydrogen-bond acceptors (Lipinski definition) is 4. The summed E-state index contributed by atoms with van der Waals surface area (Å²) in [5, 5.41) is 1.40. The van der Waals surface area contributed by atoms with Crippen LogP contribution < -0.4 is 0 Å². The van der Waals surface area contributed by atoms with Gasteiger partial charge in [0.15, 0.2) is 5.78 Å². The van der Waals surface area contributed by atoms with Crippen molar-refractivity contribution in [2.45, 2.75) is 0 Å². The van der Waals surface area contributed by atoms with Gasteiger partial charge in [0.2, 0.25) is 0 Å². The summed E-state index contributed by atoms with van der Waals surface area (Å²) in [5.74, 6) is -0.0514. The SMILES string of the molecule is CN(C)C=CC(=O)c1cnc(-c2ccccc2Cl)s1. The van der Waals surface area contributed by atoms with Gasteiger partial charge in [-0.25, -0.2) is 4.98 Å². The molecule has 2 aromatic rings. The Labute approximate surface area is 121 Å². The molecule has 19 heavy (non-hydrogen) atoms. The standard InChI is InChI=1S/C14H13ClN2OS/c1-17(2)8-7-12(18)13-9-16-14(19-13)10-5-3-4-6-11(10)15/h3-9H,1-2H3. The van der Waals surface area contributed by atoms with Crippen molar-refractivity contribution in [2.75, 3.05) is 14.1 Å². The quantitative estimate of drug-likeness (QED) is 0.636. The number of benzene rings is 1. The predicted octanol–water partition coefficient (Wildman–Crippen LogP) is 3.72. The number of aromatic nitrogens is 1. The molecule has 1 aromatic heterocycles. The molecule has 3 nitrogen and oxygen atoms in total. The molecule has 0 aliphatic carbocycles. The fourth-order valence-corrected chi connectivity index (χ4v) is 2.60. The Hall–Kier alpha value is -1.65. The van der Waals surface area contributed by atoms with Crippen molar-refractivity contribution in [1.82, 2.24) is 9.88 Å². The maximum Gasteiger partial charge on any atom is 0.198 e.